The molecule has 0 aliphatic heterocycles. The van der Waals surface area contributed by atoms with E-state index >= 15 is 0 Å². The third-order valence-electron chi connectivity index (χ3n) is 7.83. The molecular formula is C36H25N5. The Labute approximate surface area is 238 Å². The molecule has 1 aliphatic rings. The minimum Gasteiger partial charge on any atom is -0.253 e. The Morgan fingerprint density at radius 3 is 1.76 bits per heavy atom. The first-order valence-electron chi connectivity index (χ1n) is 13.5. The summed E-state index contributed by atoms with van der Waals surface area (Å²) in [5.74, 6) is 1.74. The zero-order chi connectivity index (χ0) is 28.0. The molecule has 0 N–H and O–H groups in total. The first-order valence-corrected chi connectivity index (χ1v) is 13.5. The van der Waals surface area contributed by atoms with Crippen molar-refractivity contribution in [2.75, 3.05) is 0 Å². The van der Waals surface area contributed by atoms with Crippen LogP contribution >= 0.6 is 0 Å². The summed E-state index contributed by atoms with van der Waals surface area (Å²) in [5, 5.41) is 9.46. The molecule has 194 valence electrons. The van der Waals surface area contributed by atoms with Crippen molar-refractivity contribution in [1.29, 1.82) is 5.26 Å². The quantitative estimate of drug-likeness (QED) is 0.231. The Hall–Kier alpha value is -5.47. The zero-order valence-electron chi connectivity index (χ0n) is 22.7. The SMILES string of the molecule is CC1(C)c2cc(C#N)ccc2-c2ccc(-c3ccnc(-c4nc(-c5ccccc5)nc(-c5ccccc5)n4)c3)cc21. The third-order valence-corrected chi connectivity index (χ3v) is 7.83. The monoisotopic (exact) mass is 527 g/mol. The van der Waals surface area contributed by atoms with Crippen LogP contribution in [0.5, 0.6) is 0 Å². The number of nitriles is 1. The molecule has 0 atom stereocenters. The second-order valence-electron chi connectivity index (χ2n) is 10.7. The standard InChI is InChI=1S/C36H25N5/c1-36(2)30-19-23(22-37)13-15-28(30)29-16-14-26(20-31(29)36)27-17-18-38-32(21-27)35-40-33(24-9-5-3-6-10-24)39-34(41-35)25-11-7-4-8-12-25/h3-21H,1-2H3. The summed E-state index contributed by atoms with van der Waals surface area (Å²) >= 11 is 0. The lowest BCUT2D eigenvalue weighted by molar-refractivity contribution is 0.660. The highest BCUT2D eigenvalue weighted by molar-refractivity contribution is 5.84. The second kappa shape index (κ2) is 9.62. The van der Waals surface area contributed by atoms with Gasteiger partial charge in [0.25, 0.3) is 0 Å². The van der Waals surface area contributed by atoms with Crippen LogP contribution in [0.2, 0.25) is 0 Å². The first-order chi connectivity index (χ1) is 20.0. The molecule has 1 aliphatic carbocycles. The van der Waals surface area contributed by atoms with Crippen LogP contribution in [0.3, 0.4) is 0 Å². The van der Waals surface area contributed by atoms with Crippen LogP contribution in [0.15, 0.2) is 115 Å². The van der Waals surface area contributed by atoms with Crippen LogP contribution in [0, 0.1) is 11.3 Å². The van der Waals surface area contributed by atoms with Gasteiger partial charge in [0.05, 0.1) is 11.6 Å². The van der Waals surface area contributed by atoms with Crippen LogP contribution in [0.25, 0.3) is 56.5 Å². The average molecular weight is 528 g/mol. The van der Waals surface area contributed by atoms with Crippen molar-refractivity contribution >= 4 is 0 Å². The van der Waals surface area contributed by atoms with Crippen molar-refractivity contribution < 1.29 is 0 Å². The molecule has 5 heteroatoms. The molecule has 2 heterocycles. The highest BCUT2D eigenvalue weighted by Gasteiger charge is 2.35. The summed E-state index contributed by atoms with van der Waals surface area (Å²) in [4.78, 5) is 19.2. The number of hydrogen-bond acceptors (Lipinski definition) is 5. The van der Waals surface area contributed by atoms with Gasteiger partial charge in [0.2, 0.25) is 0 Å². The van der Waals surface area contributed by atoms with Crippen molar-refractivity contribution in [3.8, 4) is 62.6 Å². The van der Waals surface area contributed by atoms with E-state index in [0.29, 0.717) is 28.7 Å². The highest BCUT2D eigenvalue weighted by atomic mass is 15.0. The lowest BCUT2D eigenvalue weighted by Crippen LogP contribution is -2.15. The normalized spacial score (nSPS) is 12.8. The van der Waals surface area contributed by atoms with Gasteiger partial charge in [-0.1, -0.05) is 92.7 Å². The number of nitrogens with zero attached hydrogens (tertiary/aromatic N) is 5. The Morgan fingerprint density at radius 1 is 0.561 bits per heavy atom. The van der Waals surface area contributed by atoms with Gasteiger partial charge in [0, 0.05) is 22.7 Å². The van der Waals surface area contributed by atoms with Crippen LogP contribution in [-0.4, -0.2) is 19.9 Å². The molecule has 6 aromatic rings. The molecule has 5 nitrogen and oxygen atoms in total. The van der Waals surface area contributed by atoms with Crippen LogP contribution in [0.1, 0.15) is 30.5 Å². The predicted molar refractivity (Wildman–Crippen MR) is 162 cm³/mol. The number of fused-ring (bicyclic) bond motifs is 3. The van der Waals surface area contributed by atoms with Gasteiger partial charge in [-0.25, -0.2) is 15.0 Å². The van der Waals surface area contributed by atoms with Gasteiger partial charge in [0.15, 0.2) is 17.5 Å². The van der Waals surface area contributed by atoms with Gasteiger partial charge in [-0.05, 0) is 63.7 Å². The van der Waals surface area contributed by atoms with Gasteiger partial charge >= 0.3 is 0 Å². The number of hydrogen-bond donors (Lipinski definition) is 0. The molecule has 0 saturated carbocycles. The molecule has 0 fully saturated rings. The number of benzene rings is 4. The Kier molecular flexibility index (Phi) is 5.76. The summed E-state index contributed by atoms with van der Waals surface area (Å²) in [6, 6.07) is 38.8. The fraction of sp³-hybridized carbons (Fsp3) is 0.0833. The fourth-order valence-electron chi connectivity index (χ4n) is 5.64. The fourth-order valence-corrected chi connectivity index (χ4v) is 5.64. The smallest absolute Gasteiger partial charge is 0.182 e. The predicted octanol–water partition coefficient (Wildman–Crippen LogP) is 8.11. The van der Waals surface area contributed by atoms with Gasteiger partial charge in [-0.3, -0.25) is 4.98 Å². The molecule has 2 aromatic heterocycles. The average Bonchev–Trinajstić information content (AvgIpc) is 3.27. The Balaban J connectivity index is 1.33. The molecule has 0 bridgehead atoms. The largest absolute Gasteiger partial charge is 0.253 e. The molecular weight excluding hydrogens is 502 g/mol. The molecule has 0 unspecified atom stereocenters. The Bertz CT molecular complexity index is 1910. The van der Waals surface area contributed by atoms with Crippen LogP contribution in [-0.2, 0) is 5.41 Å². The molecule has 0 saturated heterocycles. The van der Waals surface area contributed by atoms with Crippen LogP contribution < -0.4 is 0 Å². The maximum atomic E-state index is 9.46. The maximum Gasteiger partial charge on any atom is 0.182 e. The van der Waals surface area contributed by atoms with Crippen molar-refractivity contribution in [3.63, 3.8) is 0 Å². The summed E-state index contributed by atoms with van der Waals surface area (Å²) in [7, 11) is 0. The van der Waals surface area contributed by atoms with E-state index in [1.54, 1.807) is 0 Å². The van der Waals surface area contributed by atoms with E-state index in [0.717, 1.165) is 22.3 Å². The van der Waals surface area contributed by atoms with E-state index in [4.69, 9.17) is 15.0 Å². The summed E-state index contributed by atoms with van der Waals surface area (Å²) in [6.07, 6.45) is 1.81. The van der Waals surface area contributed by atoms with Gasteiger partial charge < -0.3 is 0 Å². The van der Waals surface area contributed by atoms with E-state index in [-0.39, 0.29) is 5.41 Å². The van der Waals surface area contributed by atoms with Gasteiger partial charge in [0.1, 0.15) is 5.69 Å². The first kappa shape index (κ1) is 24.6. The molecule has 41 heavy (non-hydrogen) atoms. The summed E-state index contributed by atoms with van der Waals surface area (Å²) in [6.45, 7) is 4.45. The second-order valence-corrected chi connectivity index (χ2v) is 10.7. The highest BCUT2D eigenvalue weighted by Crippen LogP contribution is 2.49. The van der Waals surface area contributed by atoms with E-state index in [2.05, 4.69) is 49.2 Å². The van der Waals surface area contributed by atoms with Crippen molar-refractivity contribution in [1.82, 2.24) is 19.9 Å². The zero-order valence-corrected chi connectivity index (χ0v) is 22.7. The summed E-state index contributed by atoms with van der Waals surface area (Å²) < 4.78 is 0. The molecule has 0 radical (unpaired) electrons. The molecule has 4 aromatic carbocycles. The van der Waals surface area contributed by atoms with Crippen LogP contribution in [0.4, 0.5) is 0 Å². The number of pyridine rings is 1. The molecule has 0 amide bonds. The van der Waals surface area contributed by atoms with E-state index in [1.165, 1.54) is 22.3 Å². The minimum absolute atomic E-state index is 0.215. The molecule has 0 spiro atoms. The van der Waals surface area contributed by atoms with Crippen molar-refractivity contribution in [2.24, 2.45) is 0 Å². The Morgan fingerprint density at radius 2 is 1.12 bits per heavy atom. The number of rotatable bonds is 4. The lowest BCUT2D eigenvalue weighted by atomic mass is 9.81. The topological polar surface area (TPSA) is 75.3 Å². The maximum absolute atomic E-state index is 9.46. The van der Waals surface area contributed by atoms with Crippen molar-refractivity contribution in [2.45, 2.75) is 19.3 Å². The molecule has 7 rings (SSSR count). The van der Waals surface area contributed by atoms with Gasteiger partial charge in [-0.15, -0.1) is 0 Å². The number of aromatic nitrogens is 4. The minimum atomic E-state index is -0.215. The summed E-state index contributed by atoms with van der Waals surface area (Å²) in [5.41, 5.74) is 9.96. The van der Waals surface area contributed by atoms with Crippen molar-refractivity contribution in [3.05, 3.63) is 132 Å². The van der Waals surface area contributed by atoms with E-state index in [9.17, 15) is 5.26 Å². The van der Waals surface area contributed by atoms with Gasteiger partial charge in [-0.2, -0.15) is 5.26 Å². The van der Waals surface area contributed by atoms with E-state index in [1.807, 2.05) is 91.1 Å². The third kappa shape index (κ3) is 4.27. The van der Waals surface area contributed by atoms with E-state index < -0.39 is 0 Å². The lowest BCUT2D eigenvalue weighted by Gasteiger charge is -2.22.